The molecule has 2 rings (SSSR count). The number of alkyl halides is 4. The molecule has 1 saturated heterocycles. The molecule has 1 heterocycles. The highest BCUT2D eigenvalue weighted by Crippen LogP contribution is 2.30. The second-order valence-corrected chi connectivity index (χ2v) is 5.10. The molecule has 1 nitrogen and oxygen atoms in total. The zero-order valence-electron chi connectivity index (χ0n) is 9.71. The summed E-state index contributed by atoms with van der Waals surface area (Å²) in [7, 11) is 0. The van der Waals surface area contributed by atoms with Crippen LogP contribution in [0.25, 0.3) is 0 Å². The Kier molecular flexibility index (Phi) is 4.17. The Labute approximate surface area is 109 Å². The summed E-state index contributed by atoms with van der Waals surface area (Å²) in [6, 6.07) is 5.19. The topological polar surface area (TPSA) is 9.23 Å². The van der Waals surface area contributed by atoms with Crippen molar-refractivity contribution in [3.05, 3.63) is 35.4 Å². The van der Waals surface area contributed by atoms with Crippen molar-refractivity contribution < 1.29 is 17.9 Å². The molecule has 2 atom stereocenters. The minimum absolute atomic E-state index is 0.0794. The smallest absolute Gasteiger partial charge is 0.381 e. The zero-order chi connectivity index (χ0) is 13.2. The molecule has 1 aromatic rings. The summed E-state index contributed by atoms with van der Waals surface area (Å²) in [6.45, 7) is 1.37. The maximum atomic E-state index is 12.4. The Morgan fingerprint density at radius 2 is 1.94 bits per heavy atom. The molecule has 2 unspecified atom stereocenters. The second-order valence-electron chi connectivity index (χ2n) is 4.54. The maximum Gasteiger partial charge on any atom is 0.416 e. The van der Waals surface area contributed by atoms with E-state index in [1.165, 1.54) is 12.1 Å². The van der Waals surface area contributed by atoms with Crippen molar-refractivity contribution in [1.29, 1.82) is 0 Å². The van der Waals surface area contributed by atoms with Crippen molar-refractivity contribution in [3.8, 4) is 0 Å². The first-order valence-corrected chi connectivity index (χ1v) is 6.28. The van der Waals surface area contributed by atoms with E-state index in [9.17, 15) is 13.2 Å². The van der Waals surface area contributed by atoms with Gasteiger partial charge in [-0.2, -0.15) is 13.2 Å². The van der Waals surface area contributed by atoms with E-state index in [1.807, 2.05) is 0 Å². The average Bonchev–Trinajstić information content (AvgIpc) is 2.82. The lowest BCUT2D eigenvalue weighted by Crippen LogP contribution is -2.17. The lowest BCUT2D eigenvalue weighted by molar-refractivity contribution is -0.137. The molecule has 5 heteroatoms. The van der Waals surface area contributed by atoms with Gasteiger partial charge in [-0.05, 0) is 30.5 Å². The number of benzene rings is 1. The summed E-state index contributed by atoms with van der Waals surface area (Å²) in [4.78, 5) is 0. The van der Waals surface area contributed by atoms with Crippen LogP contribution in [0.15, 0.2) is 24.3 Å². The van der Waals surface area contributed by atoms with Crippen LogP contribution in [0.3, 0.4) is 0 Å². The average molecular weight is 279 g/mol. The predicted octanol–water partition coefficient (Wildman–Crippen LogP) is 3.89. The van der Waals surface area contributed by atoms with Gasteiger partial charge in [0.05, 0.1) is 12.2 Å². The number of hydrogen-bond donors (Lipinski definition) is 0. The van der Waals surface area contributed by atoms with Gasteiger partial charge in [0.1, 0.15) is 0 Å². The van der Waals surface area contributed by atoms with E-state index in [1.54, 1.807) is 0 Å². The fourth-order valence-corrected chi connectivity index (χ4v) is 2.44. The van der Waals surface area contributed by atoms with Gasteiger partial charge >= 0.3 is 6.18 Å². The van der Waals surface area contributed by atoms with Gasteiger partial charge < -0.3 is 4.74 Å². The summed E-state index contributed by atoms with van der Waals surface area (Å²) in [6.07, 6.45) is -2.78. The van der Waals surface area contributed by atoms with Crippen LogP contribution in [0.4, 0.5) is 13.2 Å². The Balaban J connectivity index is 1.97. The second kappa shape index (κ2) is 5.49. The third-order valence-corrected chi connectivity index (χ3v) is 3.70. The van der Waals surface area contributed by atoms with E-state index in [4.69, 9.17) is 16.3 Å². The van der Waals surface area contributed by atoms with Gasteiger partial charge in [0.15, 0.2) is 0 Å². The summed E-state index contributed by atoms with van der Waals surface area (Å²) in [5, 5.41) is -0.0794. The number of ether oxygens (including phenoxy) is 1. The highest BCUT2D eigenvalue weighted by Gasteiger charge is 2.30. The van der Waals surface area contributed by atoms with Crippen LogP contribution in [0.1, 0.15) is 17.5 Å². The van der Waals surface area contributed by atoms with Gasteiger partial charge in [0.25, 0.3) is 0 Å². The molecule has 1 aromatic carbocycles. The van der Waals surface area contributed by atoms with E-state index in [0.29, 0.717) is 18.9 Å². The van der Waals surface area contributed by atoms with Crippen LogP contribution in [-0.2, 0) is 17.3 Å². The van der Waals surface area contributed by atoms with Gasteiger partial charge in [-0.1, -0.05) is 12.1 Å². The molecule has 100 valence electrons. The van der Waals surface area contributed by atoms with E-state index in [-0.39, 0.29) is 5.38 Å². The van der Waals surface area contributed by atoms with Crippen molar-refractivity contribution in [3.63, 3.8) is 0 Å². The largest absolute Gasteiger partial charge is 0.416 e. The molecule has 0 saturated carbocycles. The molecule has 18 heavy (non-hydrogen) atoms. The molecule has 1 aliphatic heterocycles. The van der Waals surface area contributed by atoms with Crippen LogP contribution in [0, 0.1) is 5.92 Å². The van der Waals surface area contributed by atoms with Crippen LogP contribution >= 0.6 is 11.6 Å². The molecule has 0 radical (unpaired) electrons. The normalized spacial score (nSPS) is 22.1. The van der Waals surface area contributed by atoms with Crippen LogP contribution in [0.2, 0.25) is 0 Å². The molecule has 0 N–H and O–H groups in total. The van der Waals surface area contributed by atoms with E-state index in [0.717, 1.165) is 30.7 Å². The molecular weight excluding hydrogens is 265 g/mol. The van der Waals surface area contributed by atoms with Crippen LogP contribution in [0.5, 0.6) is 0 Å². The minimum atomic E-state index is -4.28. The van der Waals surface area contributed by atoms with Gasteiger partial charge in [0.2, 0.25) is 0 Å². The highest BCUT2D eigenvalue weighted by atomic mass is 35.5. The Bertz CT molecular complexity index is 382. The molecule has 0 aliphatic carbocycles. The first-order chi connectivity index (χ1) is 8.47. The number of hydrogen-bond acceptors (Lipinski definition) is 1. The molecule has 1 aliphatic rings. The van der Waals surface area contributed by atoms with Crippen molar-refractivity contribution in [2.75, 3.05) is 13.2 Å². The third-order valence-electron chi connectivity index (χ3n) is 3.19. The molecule has 1 fully saturated rings. The lowest BCUT2D eigenvalue weighted by atomic mass is 9.97. The summed E-state index contributed by atoms with van der Waals surface area (Å²) in [5.74, 6) is 0.300. The van der Waals surface area contributed by atoms with Crippen molar-refractivity contribution in [2.24, 2.45) is 5.92 Å². The summed E-state index contributed by atoms with van der Waals surface area (Å²) in [5.41, 5.74) is 0.205. The standard InChI is InChI=1S/C13H14ClF3O/c14-12(10-5-6-18-8-10)7-9-1-3-11(4-2-9)13(15,16)17/h1-4,10,12H,5-8H2. The van der Waals surface area contributed by atoms with Gasteiger partial charge in [-0.25, -0.2) is 0 Å². The van der Waals surface area contributed by atoms with Gasteiger partial charge in [-0.15, -0.1) is 11.6 Å². The summed E-state index contributed by atoms with van der Waals surface area (Å²) >= 11 is 6.25. The number of rotatable bonds is 3. The molecule has 0 amide bonds. The lowest BCUT2D eigenvalue weighted by Gasteiger charge is -2.15. The van der Waals surface area contributed by atoms with Crippen LogP contribution in [-0.4, -0.2) is 18.6 Å². The fraction of sp³-hybridized carbons (Fsp3) is 0.538. The Morgan fingerprint density at radius 3 is 2.44 bits per heavy atom. The first-order valence-electron chi connectivity index (χ1n) is 5.85. The molecule has 0 aromatic heterocycles. The molecule has 0 spiro atoms. The Morgan fingerprint density at radius 1 is 1.28 bits per heavy atom. The van der Waals surface area contributed by atoms with Gasteiger partial charge in [-0.3, -0.25) is 0 Å². The van der Waals surface area contributed by atoms with Gasteiger partial charge in [0, 0.05) is 17.9 Å². The van der Waals surface area contributed by atoms with Crippen molar-refractivity contribution in [1.82, 2.24) is 0 Å². The van der Waals surface area contributed by atoms with E-state index >= 15 is 0 Å². The summed E-state index contributed by atoms with van der Waals surface area (Å²) < 4.78 is 42.4. The minimum Gasteiger partial charge on any atom is -0.381 e. The fourth-order valence-electron chi connectivity index (χ4n) is 2.06. The third kappa shape index (κ3) is 3.39. The van der Waals surface area contributed by atoms with Crippen LogP contribution < -0.4 is 0 Å². The van der Waals surface area contributed by atoms with E-state index in [2.05, 4.69) is 0 Å². The highest BCUT2D eigenvalue weighted by molar-refractivity contribution is 6.20. The van der Waals surface area contributed by atoms with Crippen molar-refractivity contribution >= 4 is 11.6 Å². The first kappa shape index (κ1) is 13.7. The monoisotopic (exact) mass is 278 g/mol. The maximum absolute atomic E-state index is 12.4. The Hall–Kier alpha value is -0.740. The van der Waals surface area contributed by atoms with Crippen molar-refractivity contribution in [2.45, 2.75) is 24.4 Å². The number of halogens is 4. The molecule has 0 bridgehead atoms. The quantitative estimate of drug-likeness (QED) is 0.762. The molecular formula is C13H14ClF3O. The zero-order valence-corrected chi connectivity index (χ0v) is 10.5. The predicted molar refractivity (Wildman–Crippen MR) is 63.7 cm³/mol. The SMILES string of the molecule is FC(F)(F)c1ccc(CC(Cl)C2CCOC2)cc1. The van der Waals surface area contributed by atoms with E-state index < -0.39 is 11.7 Å².